The number of ether oxygens (including phenoxy) is 1. The third-order valence-corrected chi connectivity index (χ3v) is 2.51. The van der Waals surface area contributed by atoms with E-state index in [2.05, 4.69) is 4.74 Å². The van der Waals surface area contributed by atoms with Gasteiger partial charge >= 0.3 is 5.97 Å². The Kier molecular flexibility index (Phi) is 4.37. The molecule has 92 valence electrons. The number of Topliss-reactive ketones (excluding diaryl/α,β-unsaturated/α-hetero) is 1. The number of hydrogen-bond donors (Lipinski definition) is 0. The molecule has 0 aliphatic carbocycles. The van der Waals surface area contributed by atoms with Gasteiger partial charge in [0, 0.05) is 5.56 Å². The van der Waals surface area contributed by atoms with Crippen molar-refractivity contribution in [2.45, 2.75) is 13.8 Å². The fourth-order valence-electron chi connectivity index (χ4n) is 1.63. The highest BCUT2D eigenvalue weighted by Gasteiger charge is 2.31. The Morgan fingerprint density at radius 1 is 1.29 bits per heavy atom. The first kappa shape index (κ1) is 13.4. The first-order valence-electron chi connectivity index (χ1n) is 5.35. The number of halogens is 1. The van der Waals surface area contributed by atoms with Crippen molar-refractivity contribution in [3.63, 3.8) is 0 Å². The quantitative estimate of drug-likeness (QED) is 0.459. The third kappa shape index (κ3) is 3.12. The van der Waals surface area contributed by atoms with Gasteiger partial charge in [0.1, 0.15) is 11.7 Å². The van der Waals surface area contributed by atoms with E-state index in [0.717, 1.165) is 6.07 Å². The van der Waals surface area contributed by atoms with Crippen LogP contribution in [0, 0.1) is 17.7 Å². The first-order chi connectivity index (χ1) is 7.97. The smallest absolute Gasteiger partial charge is 0.316 e. The second kappa shape index (κ2) is 5.57. The van der Waals surface area contributed by atoms with Gasteiger partial charge in [-0.15, -0.1) is 0 Å². The molecule has 0 aliphatic heterocycles. The molecule has 1 unspecified atom stereocenters. The van der Waals surface area contributed by atoms with Crippen molar-refractivity contribution in [2.75, 3.05) is 7.11 Å². The molecule has 0 saturated carbocycles. The second-order valence-corrected chi connectivity index (χ2v) is 4.12. The lowest BCUT2D eigenvalue weighted by atomic mass is 9.88. The largest absolute Gasteiger partial charge is 0.468 e. The van der Waals surface area contributed by atoms with Gasteiger partial charge in [-0.1, -0.05) is 26.0 Å². The second-order valence-electron chi connectivity index (χ2n) is 4.12. The molecule has 0 heterocycles. The lowest BCUT2D eigenvalue weighted by molar-refractivity contribution is -0.144. The molecule has 0 aromatic heterocycles. The molecule has 0 aliphatic rings. The molecule has 0 spiro atoms. The molecule has 0 N–H and O–H groups in total. The zero-order valence-corrected chi connectivity index (χ0v) is 10.1. The monoisotopic (exact) mass is 238 g/mol. The Balaban J connectivity index is 3.04. The molecular formula is C13H15FO3. The molecular weight excluding hydrogens is 223 g/mol. The van der Waals surface area contributed by atoms with Crippen molar-refractivity contribution in [1.82, 2.24) is 0 Å². The Hall–Kier alpha value is -1.71. The fraction of sp³-hybridized carbons (Fsp3) is 0.385. The van der Waals surface area contributed by atoms with Crippen molar-refractivity contribution >= 4 is 11.8 Å². The van der Waals surface area contributed by atoms with Crippen molar-refractivity contribution in [3.05, 3.63) is 35.6 Å². The van der Waals surface area contributed by atoms with Crippen LogP contribution >= 0.6 is 0 Å². The molecule has 0 amide bonds. The van der Waals surface area contributed by atoms with E-state index in [0.29, 0.717) is 0 Å². The molecule has 0 radical (unpaired) electrons. The predicted molar refractivity (Wildman–Crippen MR) is 61.1 cm³/mol. The van der Waals surface area contributed by atoms with Crippen LogP contribution in [0.25, 0.3) is 0 Å². The Morgan fingerprint density at radius 3 is 2.41 bits per heavy atom. The summed E-state index contributed by atoms with van der Waals surface area (Å²) in [6.07, 6.45) is 0. The zero-order valence-electron chi connectivity index (χ0n) is 10.1. The molecule has 3 nitrogen and oxygen atoms in total. The summed E-state index contributed by atoms with van der Waals surface area (Å²) >= 11 is 0. The Morgan fingerprint density at radius 2 is 1.94 bits per heavy atom. The topological polar surface area (TPSA) is 43.4 Å². The third-order valence-electron chi connectivity index (χ3n) is 2.51. The van der Waals surface area contributed by atoms with Gasteiger partial charge in [-0.25, -0.2) is 4.39 Å². The van der Waals surface area contributed by atoms with Crippen LogP contribution in [-0.2, 0) is 9.53 Å². The highest BCUT2D eigenvalue weighted by Crippen LogP contribution is 2.19. The molecule has 1 rings (SSSR count). The van der Waals surface area contributed by atoms with E-state index in [1.54, 1.807) is 13.8 Å². The fourth-order valence-corrected chi connectivity index (χ4v) is 1.63. The van der Waals surface area contributed by atoms with Gasteiger partial charge in [0.25, 0.3) is 0 Å². The average Bonchev–Trinajstić information content (AvgIpc) is 2.28. The number of methoxy groups -OCH3 is 1. The molecule has 1 atom stereocenters. The van der Waals surface area contributed by atoms with Crippen molar-refractivity contribution in [2.24, 2.45) is 11.8 Å². The molecule has 1 aromatic carbocycles. The maximum absolute atomic E-state index is 13.0. The number of ketones is 1. The van der Waals surface area contributed by atoms with Crippen LogP contribution in [0.1, 0.15) is 24.2 Å². The summed E-state index contributed by atoms with van der Waals surface area (Å²) in [5.41, 5.74) is 0.189. The molecule has 0 saturated heterocycles. The maximum atomic E-state index is 13.0. The van der Waals surface area contributed by atoms with Crippen LogP contribution in [0.3, 0.4) is 0 Å². The summed E-state index contributed by atoms with van der Waals surface area (Å²) in [5, 5.41) is 0. The SMILES string of the molecule is COC(=O)C(C(=O)c1cccc(F)c1)C(C)C. The lowest BCUT2D eigenvalue weighted by Crippen LogP contribution is -2.30. The van der Waals surface area contributed by atoms with Crippen LogP contribution < -0.4 is 0 Å². The maximum Gasteiger partial charge on any atom is 0.316 e. The van der Waals surface area contributed by atoms with Gasteiger partial charge in [-0.3, -0.25) is 9.59 Å². The van der Waals surface area contributed by atoms with Gasteiger partial charge in [-0.05, 0) is 18.1 Å². The minimum Gasteiger partial charge on any atom is -0.468 e. The number of rotatable bonds is 4. The van der Waals surface area contributed by atoms with Crippen LogP contribution in [0.4, 0.5) is 4.39 Å². The Labute approximate surface area is 99.6 Å². The molecule has 1 aromatic rings. The summed E-state index contributed by atoms with van der Waals surface area (Å²) in [4.78, 5) is 23.6. The van der Waals surface area contributed by atoms with E-state index in [4.69, 9.17) is 0 Å². The van der Waals surface area contributed by atoms with E-state index in [-0.39, 0.29) is 11.5 Å². The van der Waals surface area contributed by atoms with Gasteiger partial charge in [-0.2, -0.15) is 0 Å². The van der Waals surface area contributed by atoms with Crippen molar-refractivity contribution in [3.8, 4) is 0 Å². The Bertz CT molecular complexity index is 426. The van der Waals surface area contributed by atoms with Crippen LogP contribution in [0.2, 0.25) is 0 Å². The van der Waals surface area contributed by atoms with Crippen LogP contribution in [0.5, 0.6) is 0 Å². The van der Waals surface area contributed by atoms with Gasteiger partial charge < -0.3 is 4.74 Å². The number of hydrogen-bond acceptors (Lipinski definition) is 3. The molecule has 17 heavy (non-hydrogen) atoms. The summed E-state index contributed by atoms with van der Waals surface area (Å²) < 4.78 is 17.6. The normalized spacial score (nSPS) is 12.3. The number of carbonyl (C=O) groups excluding carboxylic acids is 2. The van der Waals surface area contributed by atoms with Crippen LogP contribution in [-0.4, -0.2) is 18.9 Å². The van der Waals surface area contributed by atoms with Crippen molar-refractivity contribution in [1.29, 1.82) is 0 Å². The minimum absolute atomic E-state index is 0.189. The van der Waals surface area contributed by atoms with E-state index in [1.807, 2.05) is 0 Å². The van der Waals surface area contributed by atoms with Crippen molar-refractivity contribution < 1.29 is 18.7 Å². The van der Waals surface area contributed by atoms with E-state index in [1.165, 1.54) is 25.3 Å². The lowest BCUT2D eigenvalue weighted by Gasteiger charge is -2.16. The minimum atomic E-state index is -0.887. The summed E-state index contributed by atoms with van der Waals surface area (Å²) in [6, 6.07) is 5.31. The molecule has 0 fully saturated rings. The van der Waals surface area contributed by atoms with E-state index >= 15 is 0 Å². The average molecular weight is 238 g/mol. The highest BCUT2D eigenvalue weighted by atomic mass is 19.1. The van der Waals surface area contributed by atoms with E-state index < -0.39 is 23.5 Å². The summed E-state index contributed by atoms with van der Waals surface area (Å²) in [7, 11) is 1.23. The first-order valence-corrected chi connectivity index (χ1v) is 5.35. The summed E-state index contributed by atoms with van der Waals surface area (Å²) in [6.45, 7) is 3.50. The number of esters is 1. The standard InChI is InChI=1S/C13H15FO3/c1-8(2)11(13(16)17-3)12(15)9-5-4-6-10(14)7-9/h4-8,11H,1-3H3. The van der Waals surface area contributed by atoms with Crippen LogP contribution in [0.15, 0.2) is 24.3 Å². The number of benzene rings is 1. The number of carbonyl (C=O) groups is 2. The molecule has 0 bridgehead atoms. The zero-order chi connectivity index (χ0) is 13.0. The predicted octanol–water partition coefficient (Wildman–Crippen LogP) is 2.45. The van der Waals surface area contributed by atoms with Gasteiger partial charge in [0.2, 0.25) is 0 Å². The van der Waals surface area contributed by atoms with Gasteiger partial charge in [0.05, 0.1) is 7.11 Å². The van der Waals surface area contributed by atoms with Gasteiger partial charge in [0.15, 0.2) is 5.78 Å². The summed E-state index contributed by atoms with van der Waals surface area (Å²) in [5.74, 6) is -2.58. The highest BCUT2D eigenvalue weighted by molar-refractivity contribution is 6.08. The van der Waals surface area contributed by atoms with E-state index in [9.17, 15) is 14.0 Å². The molecule has 4 heteroatoms.